The number of fused-ring (bicyclic) bond motifs is 1. The van der Waals surface area contributed by atoms with E-state index in [0.717, 1.165) is 0 Å². The topological polar surface area (TPSA) is 163 Å². The second-order valence-electron chi connectivity index (χ2n) is 6.29. The molecule has 5 N–H and O–H groups in total. The summed E-state index contributed by atoms with van der Waals surface area (Å²) < 4.78 is 6.72. The van der Waals surface area contributed by atoms with Crippen molar-refractivity contribution in [2.45, 2.75) is 24.5 Å². The largest absolute Gasteiger partial charge is 0.394 e. The van der Waals surface area contributed by atoms with Gasteiger partial charge in [0.25, 0.3) is 11.5 Å². The first-order valence-electron chi connectivity index (χ1n) is 8.45. The van der Waals surface area contributed by atoms with Gasteiger partial charge in [-0.1, -0.05) is 18.2 Å². The van der Waals surface area contributed by atoms with Gasteiger partial charge < -0.3 is 20.1 Å². The number of H-pyrrole nitrogens is 1. The molecule has 0 bridgehead atoms. The lowest BCUT2D eigenvalue weighted by Crippen LogP contribution is -2.33. The first-order chi connectivity index (χ1) is 13.5. The number of imidazole rings is 1. The number of ether oxygens (including phenoxy) is 1. The SMILES string of the molecule is O=C(Nc1nc2c(ncn2[C@@H]2O[C@H](CO)C(O)C2O)c(=O)[nH]1)c1ccccc1. The van der Waals surface area contributed by atoms with E-state index in [1.54, 1.807) is 30.3 Å². The first kappa shape index (κ1) is 18.3. The van der Waals surface area contributed by atoms with Crippen LogP contribution in [0, 0.1) is 0 Å². The number of anilines is 1. The number of aliphatic hydroxyl groups excluding tert-OH is 3. The number of aromatic amines is 1. The predicted octanol–water partition coefficient (Wildman–Crippen LogP) is -1.02. The Labute approximate surface area is 157 Å². The van der Waals surface area contributed by atoms with Crippen LogP contribution in [0.4, 0.5) is 5.95 Å². The van der Waals surface area contributed by atoms with Crippen molar-refractivity contribution in [1.82, 2.24) is 19.5 Å². The van der Waals surface area contributed by atoms with Crippen molar-refractivity contribution in [3.8, 4) is 0 Å². The maximum Gasteiger partial charge on any atom is 0.280 e. The molecule has 2 unspecified atom stereocenters. The summed E-state index contributed by atoms with van der Waals surface area (Å²) in [4.78, 5) is 35.2. The van der Waals surface area contributed by atoms with E-state index in [9.17, 15) is 24.9 Å². The lowest BCUT2D eigenvalue weighted by molar-refractivity contribution is -0.0511. The van der Waals surface area contributed by atoms with Crippen molar-refractivity contribution in [3.05, 3.63) is 52.6 Å². The van der Waals surface area contributed by atoms with Crippen molar-refractivity contribution in [2.24, 2.45) is 0 Å². The van der Waals surface area contributed by atoms with Crippen LogP contribution in [0.15, 0.2) is 41.5 Å². The van der Waals surface area contributed by atoms with Gasteiger partial charge in [0, 0.05) is 5.56 Å². The molecule has 3 aromatic rings. The number of nitrogens with zero attached hydrogens (tertiary/aromatic N) is 3. The summed E-state index contributed by atoms with van der Waals surface area (Å²) in [5.41, 5.74) is -0.210. The maximum absolute atomic E-state index is 12.3. The third-order valence-electron chi connectivity index (χ3n) is 4.49. The molecule has 0 saturated carbocycles. The van der Waals surface area contributed by atoms with Crippen LogP contribution in [0.5, 0.6) is 0 Å². The highest BCUT2D eigenvalue weighted by atomic mass is 16.6. The summed E-state index contributed by atoms with van der Waals surface area (Å²) in [6, 6.07) is 8.38. The van der Waals surface area contributed by atoms with Crippen LogP contribution in [0.1, 0.15) is 16.6 Å². The lowest BCUT2D eigenvalue weighted by atomic mass is 10.1. The van der Waals surface area contributed by atoms with Crippen LogP contribution in [-0.4, -0.2) is 65.7 Å². The molecule has 4 atom stereocenters. The smallest absolute Gasteiger partial charge is 0.280 e. The van der Waals surface area contributed by atoms with Gasteiger partial charge in [0.1, 0.15) is 18.3 Å². The summed E-state index contributed by atoms with van der Waals surface area (Å²) in [6.07, 6.45) is -3.54. The molecular weight excluding hydrogens is 370 g/mol. The number of carbonyl (C=O) groups excluding carboxylic acids is 1. The summed E-state index contributed by atoms with van der Waals surface area (Å²) in [7, 11) is 0. The Morgan fingerprint density at radius 3 is 2.68 bits per heavy atom. The molecule has 1 aliphatic rings. The van der Waals surface area contributed by atoms with E-state index in [1.807, 2.05) is 0 Å². The Balaban J connectivity index is 1.69. The van der Waals surface area contributed by atoms with E-state index in [2.05, 4.69) is 20.3 Å². The van der Waals surface area contributed by atoms with Gasteiger partial charge in [0.05, 0.1) is 12.9 Å². The van der Waals surface area contributed by atoms with Crippen LogP contribution < -0.4 is 10.9 Å². The van der Waals surface area contributed by atoms with E-state index < -0.39 is 42.6 Å². The van der Waals surface area contributed by atoms with E-state index >= 15 is 0 Å². The van der Waals surface area contributed by atoms with Gasteiger partial charge in [0.15, 0.2) is 17.4 Å². The fourth-order valence-corrected chi connectivity index (χ4v) is 3.05. The van der Waals surface area contributed by atoms with Gasteiger partial charge in [-0.25, -0.2) is 4.98 Å². The molecule has 0 spiro atoms. The first-order valence-corrected chi connectivity index (χ1v) is 8.45. The summed E-state index contributed by atoms with van der Waals surface area (Å²) in [5, 5.41) is 31.9. The highest BCUT2D eigenvalue weighted by Crippen LogP contribution is 2.30. The number of amides is 1. The fraction of sp³-hybridized carbons (Fsp3) is 0.294. The Morgan fingerprint density at radius 2 is 2.00 bits per heavy atom. The molecule has 2 aromatic heterocycles. The molecule has 11 nitrogen and oxygen atoms in total. The molecular formula is C17H17N5O6. The van der Waals surface area contributed by atoms with Gasteiger partial charge >= 0.3 is 0 Å². The fourth-order valence-electron chi connectivity index (χ4n) is 3.05. The monoisotopic (exact) mass is 387 g/mol. The van der Waals surface area contributed by atoms with Crippen molar-refractivity contribution in [1.29, 1.82) is 0 Å². The third-order valence-corrected chi connectivity index (χ3v) is 4.49. The zero-order valence-corrected chi connectivity index (χ0v) is 14.4. The summed E-state index contributed by atoms with van der Waals surface area (Å²) in [6.45, 7) is -0.492. The van der Waals surface area contributed by atoms with E-state index in [0.29, 0.717) is 5.56 Å². The number of carbonyl (C=O) groups is 1. The average molecular weight is 387 g/mol. The molecule has 0 radical (unpaired) electrons. The minimum absolute atomic E-state index is 0.0320. The molecule has 0 aliphatic carbocycles. The number of aliphatic hydroxyl groups is 3. The molecule has 1 aromatic carbocycles. The predicted molar refractivity (Wildman–Crippen MR) is 95.6 cm³/mol. The normalized spacial score (nSPS) is 24.5. The Bertz CT molecular complexity index is 1060. The number of hydrogen-bond acceptors (Lipinski definition) is 8. The highest BCUT2D eigenvalue weighted by molar-refractivity contribution is 6.03. The van der Waals surface area contributed by atoms with Crippen LogP contribution in [0.2, 0.25) is 0 Å². The van der Waals surface area contributed by atoms with Gasteiger partial charge in [-0.2, -0.15) is 4.98 Å². The Morgan fingerprint density at radius 1 is 1.25 bits per heavy atom. The lowest BCUT2D eigenvalue weighted by Gasteiger charge is -2.16. The molecule has 1 aliphatic heterocycles. The molecule has 146 valence electrons. The molecule has 1 saturated heterocycles. The molecule has 1 amide bonds. The number of benzene rings is 1. The van der Waals surface area contributed by atoms with Crippen molar-refractivity contribution in [3.63, 3.8) is 0 Å². The number of aromatic nitrogens is 4. The number of hydrogen-bond donors (Lipinski definition) is 5. The number of rotatable bonds is 4. The van der Waals surface area contributed by atoms with Crippen LogP contribution in [-0.2, 0) is 4.74 Å². The summed E-state index contributed by atoms with van der Waals surface area (Å²) in [5.74, 6) is -0.582. The highest BCUT2D eigenvalue weighted by Gasteiger charge is 2.44. The second kappa shape index (κ2) is 7.13. The van der Waals surface area contributed by atoms with E-state index in [-0.39, 0.29) is 17.1 Å². The van der Waals surface area contributed by atoms with Gasteiger partial charge in [-0.05, 0) is 12.1 Å². The molecule has 3 heterocycles. The Kier molecular flexibility index (Phi) is 4.65. The molecule has 11 heteroatoms. The van der Waals surface area contributed by atoms with Crippen LogP contribution >= 0.6 is 0 Å². The van der Waals surface area contributed by atoms with Crippen molar-refractivity contribution < 1.29 is 24.9 Å². The Hall–Kier alpha value is -3.12. The maximum atomic E-state index is 12.3. The van der Waals surface area contributed by atoms with Gasteiger partial charge in [-0.15, -0.1) is 0 Å². The minimum Gasteiger partial charge on any atom is -0.394 e. The van der Waals surface area contributed by atoms with Crippen LogP contribution in [0.3, 0.4) is 0 Å². The second-order valence-corrected chi connectivity index (χ2v) is 6.29. The van der Waals surface area contributed by atoms with Crippen molar-refractivity contribution in [2.75, 3.05) is 11.9 Å². The summed E-state index contributed by atoms with van der Waals surface area (Å²) >= 11 is 0. The zero-order valence-electron chi connectivity index (χ0n) is 14.4. The van der Waals surface area contributed by atoms with E-state index in [1.165, 1.54) is 10.9 Å². The minimum atomic E-state index is -1.36. The standard InChI is InChI=1S/C17H17N5O6/c23-6-9-11(24)12(25)16(28-9)22-7-18-10-13(22)19-17(21-15(10)27)20-14(26)8-4-2-1-3-5-8/h1-5,7,9,11-12,16,23-25H,6H2,(H2,19,20,21,26,27)/t9-,11?,12?,16-/m1/s1. The van der Waals surface area contributed by atoms with Gasteiger partial charge in [-0.3, -0.25) is 24.5 Å². The molecule has 28 heavy (non-hydrogen) atoms. The molecule has 4 rings (SSSR count). The van der Waals surface area contributed by atoms with E-state index in [4.69, 9.17) is 4.74 Å². The average Bonchev–Trinajstić information content (AvgIpc) is 3.24. The van der Waals surface area contributed by atoms with Crippen molar-refractivity contribution >= 4 is 23.0 Å². The van der Waals surface area contributed by atoms with Gasteiger partial charge in [0.2, 0.25) is 5.95 Å². The molecule has 1 fully saturated rings. The quantitative estimate of drug-likeness (QED) is 0.380. The zero-order chi connectivity index (χ0) is 19.8. The van der Waals surface area contributed by atoms with Crippen LogP contribution in [0.25, 0.3) is 11.2 Å². The third kappa shape index (κ3) is 3.05. The number of nitrogens with one attached hydrogen (secondary N) is 2.